The van der Waals surface area contributed by atoms with Gasteiger partial charge in [0.05, 0.1) is 5.69 Å². The van der Waals surface area contributed by atoms with Crippen molar-refractivity contribution in [3.05, 3.63) is 48.3 Å². The standard InChI is InChI=1S/C14H16N2O4S/c1-16-9-8-12(10-16)21(19,20)15-13-5-3-2-4-11(13)6-7-14(17)18/h2-5,8-10,15H,6-7H2,1H3,(H,17,18). The molecule has 21 heavy (non-hydrogen) atoms. The van der Waals surface area contributed by atoms with Crippen LogP contribution in [-0.4, -0.2) is 24.1 Å². The third kappa shape index (κ3) is 3.85. The highest BCUT2D eigenvalue weighted by Gasteiger charge is 2.17. The van der Waals surface area contributed by atoms with E-state index in [2.05, 4.69) is 4.72 Å². The summed E-state index contributed by atoms with van der Waals surface area (Å²) in [6.07, 6.45) is 3.36. The lowest BCUT2D eigenvalue weighted by Crippen LogP contribution is -2.14. The van der Waals surface area contributed by atoms with E-state index in [1.807, 2.05) is 0 Å². The zero-order valence-electron chi connectivity index (χ0n) is 11.5. The van der Waals surface area contributed by atoms with Gasteiger partial charge in [-0.15, -0.1) is 0 Å². The summed E-state index contributed by atoms with van der Waals surface area (Å²) in [5, 5.41) is 8.74. The van der Waals surface area contributed by atoms with E-state index >= 15 is 0 Å². The molecule has 1 aromatic heterocycles. The third-order valence-electron chi connectivity index (χ3n) is 2.99. The number of hydrogen-bond acceptors (Lipinski definition) is 3. The molecule has 6 nitrogen and oxygen atoms in total. The number of anilines is 1. The fourth-order valence-corrected chi connectivity index (χ4v) is 3.07. The number of aliphatic carboxylic acids is 1. The smallest absolute Gasteiger partial charge is 0.303 e. The number of rotatable bonds is 6. The topological polar surface area (TPSA) is 88.4 Å². The van der Waals surface area contributed by atoms with E-state index in [0.29, 0.717) is 11.3 Å². The first-order valence-corrected chi connectivity index (χ1v) is 7.81. The molecule has 2 aromatic rings. The van der Waals surface area contributed by atoms with Gasteiger partial charge in [-0.25, -0.2) is 8.42 Å². The summed E-state index contributed by atoms with van der Waals surface area (Å²) in [5.74, 6) is -0.921. The lowest BCUT2D eigenvalue weighted by atomic mass is 10.1. The molecule has 0 bridgehead atoms. The van der Waals surface area contributed by atoms with Crippen LogP contribution in [0.4, 0.5) is 5.69 Å². The average molecular weight is 308 g/mol. The van der Waals surface area contributed by atoms with Gasteiger partial charge in [-0.3, -0.25) is 9.52 Å². The molecule has 1 aromatic carbocycles. The molecule has 1 heterocycles. The van der Waals surface area contributed by atoms with Gasteiger partial charge >= 0.3 is 5.97 Å². The van der Waals surface area contributed by atoms with Crippen LogP contribution in [-0.2, 0) is 28.3 Å². The molecule has 0 atom stereocenters. The summed E-state index contributed by atoms with van der Waals surface area (Å²) < 4.78 is 28.7. The summed E-state index contributed by atoms with van der Waals surface area (Å²) in [7, 11) is -1.94. The van der Waals surface area contributed by atoms with Crippen molar-refractivity contribution in [1.82, 2.24) is 4.57 Å². The molecule has 0 aliphatic rings. The SMILES string of the molecule is Cn1ccc(S(=O)(=O)Nc2ccccc2CCC(=O)O)c1. The van der Waals surface area contributed by atoms with Crippen LogP contribution in [0.2, 0.25) is 0 Å². The maximum atomic E-state index is 12.3. The Morgan fingerprint density at radius 3 is 2.62 bits per heavy atom. The maximum Gasteiger partial charge on any atom is 0.303 e. The average Bonchev–Trinajstić information content (AvgIpc) is 2.85. The first-order chi connectivity index (χ1) is 9.88. The van der Waals surface area contributed by atoms with Crippen molar-refractivity contribution in [2.75, 3.05) is 4.72 Å². The van der Waals surface area contributed by atoms with Crippen molar-refractivity contribution < 1.29 is 18.3 Å². The number of carboxylic acids is 1. The zero-order chi connectivity index (χ0) is 15.5. The Morgan fingerprint density at radius 1 is 1.29 bits per heavy atom. The molecule has 0 unspecified atom stereocenters. The Morgan fingerprint density at radius 2 is 2.00 bits per heavy atom. The highest BCUT2D eigenvalue weighted by Crippen LogP contribution is 2.21. The minimum absolute atomic E-state index is 0.0515. The van der Waals surface area contributed by atoms with Crippen LogP contribution in [0.15, 0.2) is 47.6 Å². The molecular weight excluding hydrogens is 292 g/mol. The van der Waals surface area contributed by atoms with Gasteiger partial charge in [0, 0.05) is 25.9 Å². The zero-order valence-corrected chi connectivity index (χ0v) is 12.3. The first kappa shape index (κ1) is 15.1. The largest absolute Gasteiger partial charge is 0.481 e. The lowest BCUT2D eigenvalue weighted by molar-refractivity contribution is -0.136. The van der Waals surface area contributed by atoms with E-state index in [4.69, 9.17) is 5.11 Å². The molecule has 0 aliphatic heterocycles. The van der Waals surface area contributed by atoms with E-state index in [1.165, 1.54) is 12.3 Å². The molecule has 0 amide bonds. The van der Waals surface area contributed by atoms with Crippen molar-refractivity contribution in [2.24, 2.45) is 7.05 Å². The number of carboxylic acid groups (broad SMARTS) is 1. The van der Waals surface area contributed by atoms with Crippen LogP contribution in [0, 0.1) is 0 Å². The second-order valence-electron chi connectivity index (χ2n) is 4.67. The minimum atomic E-state index is -3.67. The second kappa shape index (κ2) is 6.01. The number of sulfonamides is 1. The van der Waals surface area contributed by atoms with Gasteiger partial charge in [-0.2, -0.15) is 0 Å². The van der Waals surface area contributed by atoms with Gasteiger partial charge < -0.3 is 9.67 Å². The Hall–Kier alpha value is -2.28. The predicted molar refractivity (Wildman–Crippen MR) is 78.6 cm³/mol. The van der Waals surface area contributed by atoms with E-state index < -0.39 is 16.0 Å². The van der Waals surface area contributed by atoms with Crippen molar-refractivity contribution >= 4 is 21.7 Å². The lowest BCUT2D eigenvalue weighted by Gasteiger charge is -2.11. The fraction of sp³-hybridized carbons (Fsp3) is 0.214. The molecule has 2 N–H and O–H groups in total. The normalized spacial score (nSPS) is 11.3. The number of benzene rings is 1. The van der Waals surface area contributed by atoms with E-state index in [1.54, 1.807) is 42.1 Å². The molecule has 0 aliphatic carbocycles. The van der Waals surface area contributed by atoms with Crippen LogP contribution in [0.1, 0.15) is 12.0 Å². The number of nitrogens with one attached hydrogen (secondary N) is 1. The predicted octanol–water partition coefficient (Wildman–Crippen LogP) is 1.84. The molecule has 0 fully saturated rings. The number of nitrogens with zero attached hydrogens (tertiary/aromatic N) is 1. The van der Waals surface area contributed by atoms with Crippen LogP contribution < -0.4 is 4.72 Å². The number of aromatic nitrogens is 1. The monoisotopic (exact) mass is 308 g/mol. The summed E-state index contributed by atoms with van der Waals surface area (Å²) in [6, 6.07) is 8.29. The highest BCUT2D eigenvalue weighted by atomic mass is 32.2. The molecule has 7 heteroatoms. The summed E-state index contributed by atoms with van der Waals surface area (Å²) in [6.45, 7) is 0. The first-order valence-electron chi connectivity index (χ1n) is 6.33. The Kier molecular flexibility index (Phi) is 4.32. The number of para-hydroxylation sites is 1. The second-order valence-corrected chi connectivity index (χ2v) is 6.35. The molecule has 0 saturated heterocycles. The summed E-state index contributed by atoms with van der Waals surface area (Å²) in [5.41, 5.74) is 1.06. The maximum absolute atomic E-state index is 12.3. The Bertz CT molecular complexity index is 750. The number of aryl methyl sites for hydroxylation is 2. The molecular formula is C14H16N2O4S. The fourth-order valence-electron chi connectivity index (χ4n) is 1.92. The van der Waals surface area contributed by atoms with Gasteiger partial charge in [-0.05, 0) is 24.1 Å². The van der Waals surface area contributed by atoms with Gasteiger partial charge in [0.1, 0.15) is 4.90 Å². The van der Waals surface area contributed by atoms with E-state index in [9.17, 15) is 13.2 Å². The number of carbonyl (C=O) groups is 1. The van der Waals surface area contributed by atoms with Crippen molar-refractivity contribution in [1.29, 1.82) is 0 Å². The van der Waals surface area contributed by atoms with Crippen LogP contribution in [0.25, 0.3) is 0 Å². The Labute approximate surface area is 123 Å². The summed E-state index contributed by atoms with van der Waals surface area (Å²) >= 11 is 0. The van der Waals surface area contributed by atoms with Crippen LogP contribution in [0.5, 0.6) is 0 Å². The van der Waals surface area contributed by atoms with E-state index in [-0.39, 0.29) is 17.7 Å². The van der Waals surface area contributed by atoms with Gasteiger partial charge in [0.25, 0.3) is 10.0 Å². The van der Waals surface area contributed by atoms with E-state index in [0.717, 1.165) is 0 Å². The quantitative estimate of drug-likeness (QED) is 0.852. The third-order valence-corrected chi connectivity index (χ3v) is 4.34. The molecule has 0 radical (unpaired) electrons. The van der Waals surface area contributed by atoms with Crippen molar-refractivity contribution in [3.63, 3.8) is 0 Å². The van der Waals surface area contributed by atoms with Crippen molar-refractivity contribution in [3.8, 4) is 0 Å². The van der Waals surface area contributed by atoms with Crippen LogP contribution in [0.3, 0.4) is 0 Å². The van der Waals surface area contributed by atoms with Gasteiger partial charge in [0.15, 0.2) is 0 Å². The summed E-state index contributed by atoms with van der Waals surface area (Å²) in [4.78, 5) is 10.8. The molecule has 0 spiro atoms. The van der Waals surface area contributed by atoms with Crippen molar-refractivity contribution in [2.45, 2.75) is 17.7 Å². The Balaban J connectivity index is 2.25. The van der Waals surface area contributed by atoms with Gasteiger partial charge in [0.2, 0.25) is 0 Å². The molecule has 0 saturated carbocycles. The molecule has 112 valence electrons. The minimum Gasteiger partial charge on any atom is -0.481 e. The molecule has 2 rings (SSSR count). The number of hydrogen-bond donors (Lipinski definition) is 2. The van der Waals surface area contributed by atoms with Gasteiger partial charge in [-0.1, -0.05) is 18.2 Å². The highest BCUT2D eigenvalue weighted by molar-refractivity contribution is 7.92. The van der Waals surface area contributed by atoms with Crippen LogP contribution >= 0.6 is 0 Å².